The van der Waals surface area contributed by atoms with Crippen molar-refractivity contribution in [1.29, 1.82) is 0 Å². The first-order chi connectivity index (χ1) is 13.7. The Hall–Kier alpha value is -2.26. The van der Waals surface area contributed by atoms with E-state index in [-0.39, 0.29) is 11.9 Å². The first-order valence-corrected chi connectivity index (χ1v) is 11.0. The number of halogens is 1. The highest BCUT2D eigenvalue weighted by atomic mass is 79.9. The molecule has 1 aliphatic heterocycles. The molecule has 2 aromatic heterocycles. The van der Waals surface area contributed by atoms with Crippen LogP contribution in [0.3, 0.4) is 0 Å². The minimum atomic E-state index is -0.260. The van der Waals surface area contributed by atoms with Gasteiger partial charge in [0.05, 0.1) is 10.5 Å². The summed E-state index contributed by atoms with van der Waals surface area (Å²) in [5, 5.41) is 11.6. The smallest absolute Gasteiger partial charge is 0.252 e. The maximum Gasteiger partial charge on any atom is 0.252 e. The topological polar surface area (TPSA) is 77.8 Å². The minimum absolute atomic E-state index is 0.198. The maximum absolute atomic E-state index is 13.0. The summed E-state index contributed by atoms with van der Waals surface area (Å²) >= 11 is 5.19. The van der Waals surface area contributed by atoms with Crippen LogP contribution in [0.15, 0.2) is 41.0 Å². The van der Waals surface area contributed by atoms with E-state index in [0.29, 0.717) is 34.7 Å². The van der Waals surface area contributed by atoms with Gasteiger partial charge in [-0.2, -0.15) is 11.8 Å². The second-order valence-electron chi connectivity index (χ2n) is 6.28. The van der Waals surface area contributed by atoms with Gasteiger partial charge in [-0.15, -0.1) is 10.2 Å². The molecule has 1 aromatic carbocycles. The molecule has 7 nitrogen and oxygen atoms in total. The Morgan fingerprint density at radius 2 is 2.18 bits per heavy atom. The normalized spacial score (nSPS) is 14.1. The van der Waals surface area contributed by atoms with E-state index in [0.717, 1.165) is 23.6 Å². The largest absolute Gasteiger partial charge is 0.486 e. The molecule has 1 atom stereocenters. The number of nitrogens with zero attached hydrogens (tertiary/aromatic N) is 3. The molecule has 1 N–H and O–H groups in total. The first-order valence-electron chi connectivity index (χ1n) is 8.86. The lowest BCUT2D eigenvalue weighted by Crippen LogP contribution is -2.30. The van der Waals surface area contributed by atoms with E-state index >= 15 is 0 Å². The summed E-state index contributed by atoms with van der Waals surface area (Å²) < 4.78 is 13.8. The van der Waals surface area contributed by atoms with Gasteiger partial charge in [-0.1, -0.05) is 6.07 Å². The van der Waals surface area contributed by atoms with Gasteiger partial charge in [0.25, 0.3) is 5.91 Å². The molecular formula is C19H19BrN4O3S. The SMILES string of the molecule is CSCC[C@H](NC(=O)c1cc(Br)c2c(c1)OCCO2)c1nnc2ccccn12. The third-order valence-electron chi connectivity index (χ3n) is 4.43. The van der Waals surface area contributed by atoms with E-state index < -0.39 is 0 Å². The zero-order valence-electron chi connectivity index (χ0n) is 15.2. The lowest BCUT2D eigenvalue weighted by molar-refractivity contribution is 0.0932. The van der Waals surface area contributed by atoms with E-state index in [1.54, 1.807) is 23.9 Å². The molecular weight excluding hydrogens is 444 g/mol. The number of thioether (sulfide) groups is 1. The van der Waals surface area contributed by atoms with Crippen LogP contribution >= 0.6 is 27.7 Å². The number of hydrogen-bond acceptors (Lipinski definition) is 6. The van der Waals surface area contributed by atoms with Crippen molar-refractivity contribution >= 4 is 39.2 Å². The number of amides is 1. The van der Waals surface area contributed by atoms with E-state index in [2.05, 4.69) is 31.4 Å². The maximum atomic E-state index is 13.0. The Balaban J connectivity index is 1.62. The fourth-order valence-electron chi connectivity index (χ4n) is 3.08. The second kappa shape index (κ2) is 8.40. The zero-order chi connectivity index (χ0) is 19.5. The van der Waals surface area contributed by atoms with Gasteiger partial charge in [-0.05, 0) is 58.6 Å². The van der Waals surface area contributed by atoms with Crippen LogP contribution in [0.1, 0.15) is 28.6 Å². The number of aromatic nitrogens is 3. The molecule has 9 heteroatoms. The molecule has 28 heavy (non-hydrogen) atoms. The van der Waals surface area contributed by atoms with E-state index in [4.69, 9.17) is 9.47 Å². The van der Waals surface area contributed by atoms with Gasteiger partial charge in [0.15, 0.2) is 23.0 Å². The number of hydrogen-bond donors (Lipinski definition) is 1. The summed E-state index contributed by atoms with van der Waals surface area (Å²) in [4.78, 5) is 13.0. The molecule has 1 aliphatic rings. The number of fused-ring (bicyclic) bond motifs is 2. The number of carbonyl (C=O) groups excluding carboxylic acids is 1. The Bertz CT molecular complexity index is 1010. The van der Waals surface area contributed by atoms with Crippen LogP contribution < -0.4 is 14.8 Å². The molecule has 0 saturated carbocycles. The van der Waals surface area contributed by atoms with E-state index in [1.807, 2.05) is 35.1 Å². The molecule has 0 aliphatic carbocycles. The fraction of sp³-hybridized carbons (Fsp3) is 0.316. The Morgan fingerprint density at radius 3 is 3.04 bits per heavy atom. The minimum Gasteiger partial charge on any atom is -0.486 e. The first kappa shape index (κ1) is 19.1. The summed E-state index contributed by atoms with van der Waals surface area (Å²) in [6, 6.07) is 8.92. The summed E-state index contributed by atoms with van der Waals surface area (Å²) in [6.07, 6.45) is 4.69. The number of rotatable bonds is 6. The van der Waals surface area contributed by atoms with Crippen LogP contribution in [0, 0.1) is 0 Å². The highest BCUT2D eigenvalue weighted by Gasteiger charge is 2.23. The fourth-order valence-corrected chi connectivity index (χ4v) is 4.11. The lowest BCUT2D eigenvalue weighted by Gasteiger charge is -2.21. The van der Waals surface area contributed by atoms with Crippen molar-refractivity contribution in [3.63, 3.8) is 0 Å². The molecule has 0 bridgehead atoms. The summed E-state index contributed by atoms with van der Waals surface area (Å²) in [7, 11) is 0. The third kappa shape index (κ3) is 3.81. The van der Waals surface area contributed by atoms with Gasteiger partial charge in [-0.25, -0.2) is 0 Å². The molecule has 0 radical (unpaired) electrons. The Kier molecular flexibility index (Phi) is 5.72. The lowest BCUT2D eigenvalue weighted by atomic mass is 10.1. The Morgan fingerprint density at radius 1 is 1.32 bits per heavy atom. The van der Waals surface area contributed by atoms with Gasteiger partial charge in [0.1, 0.15) is 13.2 Å². The van der Waals surface area contributed by atoms with Crippen molar-refractivity contribution in [2.24, 2.45) is 0 Å². The van der Waals surface area contributed by atoms with Gasteiger partial charge in [0, 0.05) is 11.8 Å². The predicted molar refractivity (Wildman–Crippen MR) is 111 cm³/mol. The number of benzene rings is 1. The zero-order valence-corrected chi connectivity index (χ0v) is 17.6. The van der Waals surface area contributed by atoms with Gasteiger partial charge < -0.3 is 14.8 Å². The third-order valence-corrected chi connectivity index (χ3v) is 5.66. The van der Waals surface area contributed by atoms with E-state index in [1.165, 1.54) is 0 Å². The van der Waals surface area contributed by atoms with Crippen molar-refractivity contribution in [3.8, 4) is 11.5 Å². The van der Waals surface area contributed by atoms with Gasteiger partial charge in [-0.3, -0.25) is 9.20 Å². The number of nitrogens with one attached hydrogen (secondary N) is 1. The number of carbonyl (C=O) groups is 1. The van der Waals surface area contributed by atoms with Crippen molar-refractivity contribution in [2.45, 2.75) is 12.5 Å². The molecule has 0 spiro atoms. The highest BCUT2D eigenvalue weighted by Crippen LogP contribution is 2.38. The van der Waals surface area contributed by atoms with Crippen LogP contribution in [-0.2, 0) is 0 Å². The monoisotopic (exact) mass is 462 g/mol. The average Bonchev–Trinajstić information content (AvgIpc) is 3.15. The molecule has 0 saturated heterocycles. The predicted octanol–water partition coefficient (Wildman–Crippen LogP) is 3.49. The van der Waals surface area contributed by atoms with Crippen molar-refractivity contribution in [2.75, 3.05) is 25.2 Å². The van der Waals surface area contributed by atoms with Crippen LogP contribution in [0.4, 0.5) is 0 Å². The second-order valence-corrected chi connectivity index (χ2v) is 8.12. The van der Waals surface area contributed by atoms with Crippen LogP contribution in [-0.4, -0.2) is 45.7 Å². The summed E-state index contributed by atoms with van der Waals surface area (Å²) in [6.45, 7) is 0.959. The van der Waals surface area contributed by atoms with Crippen molar-refractivity contribution < 1.29 is 14.3 Å². The molecule has 146 valence electrons. The molecule has 4 rings (SSSR count). The van der Waals surface area contributed by atoms with Gasteiger partial charge in [0.2, 0.25) is 0 Å². The molecule has 3 heterocycles. The van der Waals surface area contributed by atoms with E-state index in [9.17, 15) is 4.79 Å². The summed E-state index contributed by atoms with van der Waals surface area (Å²) in [5.41, 5.74) is 1.25. The highest BCUT2D eigenvalue weighted by molar-refractivity contribution is 9.10. The van der Waals surface area contributed by atoms with Crippen molar-refractivity contribution in [1.82, 2.24) is 19.9 Å². The summed E-state index contributed by atoms with van der Waals surface area (Å²) in [5.74, 6) is 2.60. The van der Waals surface area contributed by atoms with Crippen LogP contribution in [0.25, 0.3) is 5.65 Å². The van der Waals surface area contributed by atoms with Crippen LogP contribution in [0.5, 0.6) is 11.5 Å². The molecule has 0 fully saturated rings. The number of pyridine rings is 1. The number of ether oxygens (including phenoxy) is 2. The molecule has 0 unspecified atom stereocenters. The Labute approximate surface area is 174 Å². The van der Waals surface area contributed by atoms with Crippen molar-refractivity contribution in [3.05, 3.63) is 52.4 Å². The average molecular weight is 463 g/mol. The van der Waals surface area contributed by atoms with Gasteiger partial charge >= 0.3 is 0 Å². The molecule has 1 amide bonds. The molecule has 3 aromatic rings. The standard InChI is InChI=1S/C19H19BrN4O3S/c1-28-9-5-14(18-23-22-16-4-2-3-6-24(16)18)21-19(25)12-10-13(20)17-15(11-12)26-7-8-27-17/h2-4,6,10-11,14H,5,7-9H2,1H3,(H,21,25)/t14-/m0/s1. The quantitative estimate of drug-likeness (QED) is 0.603. The van der Waals surface area contributed by atoms with Crippen LogP contribution in [0.2, 0.25) is 0 Å².